The number of fused-ring (bicyclic) bond motifs is 7. The van der Waals surface area contributed by atoms with Gasteiger partial charge in [0.05, 0.1) is 5.41 Å². The minimum Gasteiger partial charge on any atom is -0.481 e. The summed E-state index contributed by atoms with van der Waals surface area (Å²) in [4.78, 5) is 25.0. The molecule has 186 valence electrons. The first kappa shape index (κ1) is 23.9. The van der Waals surface area contributed by atoms with Crippen LogP contribution in [0.3, 0.4) is 0 Å². The molecule has 0 aromatic heterocycles. The number of hydrogen-bond acceptors (Lipinski definition) is 2. The zero-order chi connectivity index (χ0) is 24.2. The van der Waals surface area contributed by atoms with Crippen LogP contribution in [0.15, 0.2) is 0 Å². The Morgan fingerprint density at radius 2 is 1.36 bits per heavy atom. The molecule has 3 heteroatoms. The van der Waals surface area contributed by atoms with Crippen LogP contribution in [0.25, 0.3) is 0 Å². The van der Waals surface area contributed by atoms with Crippen molar-refractivity contribution in [2.24, 2.45) is 56.2 Å². The number of carboxylic acid groups (broad SMARTS) is 1. The number of ketones is 1. The molecule has 0 spiro atoms. The number of carbonyl (C=O) groups excluding carboxylic acids is 1. The van der Waals surface area contributed by atoms with Crippen molar-refractivity contribution in [3.63, 3.8) is 0 Å². The monoisotopic (exact) mass is 456 g/mol. The highest BCUT2D eigenvalue weighted by Crippen LogP contribution is 2.78. The van der Waals surface area contributed by atoms with E-state index in [9.17, 15) is 14.7 Å². The van der Waals surface area contributed by atoms with Gasteiger partial charge in [-0.3, -0.25) is 9.59 Å². The SMILES string of the molecule is C[C@H]1C(=O)CC[C@@H]2[C@]1(C)CCC1[C@@]2(C)CC[C@@]2(C)C3C[C@](C)(C(=O)O)CC[C@]3(C)CC[C@]12C. The number of hydrogen-bond donors (Lipinski definition) is 1. The number of carboxylic acids is 1. The number of aliphatic carboxylic acids is 1. The Kier molecular flexibility index (Phi) is 4.97. The van der Waals surface area contributed by atoms with Crippen LogP contribution >= 0.6 is 0 Å². The Hall–Kier alpha value is -0.860. The van der Waals surface area contributed by atoms with Crippen LogP contribution in [-0.4, -0.2) is 16.9 Å². The lowest BCUT2D eigenvalue weighted by Crippen LogP contribution is -2.68. The van der Waals surface area contributed by atoms with Crippen LogP contribution < -0.4 is 0 Å². The molecule has 0 amide bonds. The van der Waals surface area contributed by atoms with Crippen molar-refractivity contribution in [1.82, 2.24) is 0 Å². The van der Waals surface area contributed by atoms with Gasteiger partial charge in [-0.25, -0.2) is 0 Å². The third-order valence-corrected chi connectivity index (χ3v) is 14.0. The van der Waals surface area contributed by atoms with Gasteiger partial charge in [0.2, 0.25) is 0 Å². The Morgan fingerprint density at radius 3 is 2.03 bits per heavy atom. The lowest BCUT2D eigenvalue weighted by Gasteiger charge is -2.74. The normalized spacial score (nSPS) is 58.5. The van der Waals surface area contributed by atoms with Gasteiger partial charge in [0.1, 0.15) is 5.78 Å². The lowest BCUT2D eigenvalue weighted by atomic mass is 9.30. The summed E-state index contributed by atoms with van der Waals surface area (Å²) in [7, 11) is 0. The first-order valence-electron chi connectivity index (χ1n) is 13.9. The summed E-state index contributed by atoms with van der Waals surface area (Å²) in [6.45, 7) is 16.9. The molecule has 5 rings (SSSR count). The first-order valence-corrected chi connectivity index (χ1v) is 13.9. The smallest absolute Gasteiger partial charge is 0.309 e. The molecule has 5 aliphatic rings. The van der Waals surface area contributed by atoms with Crippen molar-refractivity contribution in [1.29, 1.82) is 0 Å². The van der Waals surface area contributed by atoms with Gasteiger partial charge in [-0.05, 0) is 116 Å². The van der Waals surface area contributed by atoms with Gasteiger partial charge in [-0.2, -0.15) is 0 Å². The molecule has 0 heterocycles. The van der Waals surface area contributed by atoms with E-state index >= 15 is 0 Å². The van der Waals surface area contributed by atoms with Crippen molar-refractivity contribution in [3.05, 3.63) is 0 Å². The van der Waals surface area contributed by atoms with E-state index in [1.165, 1.54) is 38.5 Å². The number of rotatable bonds is 1. The van der Waals surface area contributed by atoms with E-state index in [1.54, 1.807) is 0 Å². The second-order valence-corrected chi connectivity index (χ2v) is 15.0. The maximum Gasteiger partial charge on any atom is 0.309 e. The quantitative estimate of drug-likeness (QED) is 0.444. The molecule has 5 saturated carbocycles. The second kappa shape index (κ2) is 6.88. The first-order chi connectivity index (χ1) is 15.2. The van der Waals surface area contributed by atoms with Gasteiger partial charge in [0, 0.05) is 12.3 Å². The van der Waals surface area contributed by atoms with Gasteiger partial charge < -0.3 is 5.11 Å². The van der Waals surface area contributed by atoms with Crippen LogP contribution in [0.5, 0.6) is 0 Å². The van der Waals surface area contributed by atoms with Gasteiger partial charge >= 0.3 is 5.97 Å². The van der Waals surface area contributed by atoms with Gasteiger partial charge in [-0.1, -0.05) is 41.5 Å². The molecule has 5 fully saturated rings. The molecule has 0 aromatic carbocycles. The average molecular weight is 457 g/mol. The second-order valence-electron chi connectivity index (χ2n) is 15.0. The van der Waals surface area contributed by atoms with Crippen LogP contribution in [-0.2, 0) is 9.59 Å². The number of carbonyl (C=O) groups is 2. The highest BCUT2D eigenvalue weighted by Gasteiger charge is 2.71. The third kappa shape index (κ3) is 2.80. The molecule has 2 unspecified atom stereocenters. The fourth-order valence-corrected chi connectivity index (χ4v) is 11.2. The predicted octanol–water partition coefficient (Wildman–Crippen LogP) is 7.52. The molecule has 0 aliphatic heterocycles. The van der Waals surface area contributed by atoms with Crippen molar-refractivity contribution >= 4 is 11.8 Å². The summed E-state index contributed by atoms with van der Waals surface area (Å²) in [6, 6.07) is 0. The summed E-state index contributed by atoms with van der Waals surface area (Å²) < 4.78 is 0. The van der Waals surface area contributed by atoms with E-state index in [-0.39, 0.29) is 27.6 Å². The Bertz CT molecular complexity index is 880. The Labute approximate surface area is 201 Å². The topological polar surface area (TPSA) is 54.4 Å². The van der Waals surface area contributed by atoms with Gasteiger partial charge in [0.25, 0.3) is 0 Å². The van der Waals surface area contributed by atoms with E-state index < -0.39 is 11.4 Å². The molecule has 0 radical (unpaired) electrons. The molecular formula is C30H48O3. The highest BCUT2D eigenvalue weighted by atomic mass is 16.4. The summed E-state index contributed by atoms with van der Waals surface area (Å²) in [6.07, 6.45) is 12.0. The minimum atomic E-state index is -0.588. The molecule has 0 aromatic rings. The predicted molar refractivity (Wildman–Crippen MR) is 132 cm³/mol. The van der Waals surface area contributed by atoms with Crippen LogP contribution in [0.1, 0.15) is 119 Å². The van der Waals surface area contributed by atoms with Crippen LogP contribution in [0.4, 0.5) is 0 Å². The van der Waals surface area contributed by atoms with Gasteiger partial charge in [0.15, 0.2) is 0 Å². The Balaban J connectivity index is 1.54. The summed E-state index contributed by atoms with van der Waals surface area (Å²) in [5.74, 6) is 1.91. The fourth-order valence-electron chi connectivity index (χ4n) is 11.2. The zero-order valence-electron chi connectivity index (χ0n) is 22.4. The average Bonchev–Trinajstić information content (AvgIpc) is 2.74. The van der Waals surface area contributed by atoms with E-state index in [0.717, 1.165) is 32.1 Å². The Morgan fingerprint density at radius 1 is 0.758 bits per heavy atom. The fraction of sp³-hybridized carbons (Fsp3) is 0.933. The molecule has 1 N–H and O–H groups in total. The van der Waals surface area contributed by atoms with Crippen LogP contribution in [0.2, 0.25) is 0 Å². The molecular weight excluding hydrogens is 408 g/mol. The van der Waals surface area contributed by atoms with E-state index in [4.69, 9.17) is 0 Å². The molecule has 10 atom stereocenters. The minimum absolute atomic E-state index is 0.153. The lowest BCUT2D eigenvalue weighted by molar-refractivity contribution is -0.257. The number of Topliss-reactive ketones (excluding diaryl/α,β-unsaturated/α-hetero) is 1. The van der Waals surface area contributed by atoms with E-state index in [2.05, 4.69) is 41.5 Å². The largest absolute Gasteiger partial charge is 0.481 e. The molecule has 0 bridgehead atoms. The van der Waals surface area contributed by atoms with Crippen LogP contribution in [0, 0.1) is 56.2 Å². The van der Waals surface area contributed by atoms with Crippen molar-refractivity contribution in [2.75, 3.05) is 0 Å². The summed E-state index contributed by atoms with van der Waals surface area (Å²) in [5, 5.41) is 10.1. The summed E-state index contributed by atoms with van der Waals surface area (Å²) in [5.41, 5.74) is 0.621. The highest BCUT2D eigenvalue weighted by molar-refractivity contribution is 5.82. The van der Waals surface area contributed by atoms with Crippen molar-refractivity contribution in [3.8, 4) is 0 Å². The van der Waals surface area contributed by atoms with Crippen molar-refractivity contribution < 1.29 is 14.7 Å². The van der Waals surface area contributed by atoms with Crippen molar-refractivity contribution in [2.45, 2.75) is 119 Å². The van der Waals surface area contributed by atoms with E-state index in [0.29, 0.717) is 29.0 Å². The zero-order valence-corrected chi connectivity index (χ0v) is 22.4. The van der Waals surface area contributed by atoms with Gasteiger partial charge in [-0.15, -0.1) is 0 Å². The van der Waals surface area contributed by atoms with E-state index in [1.807, 2.05) is 6.92 Å². The standard InChI is InChI=1S/C30H48O3/c1-19-20(31)8-9-21-27(19,4)11-10-22-28(21,5)15-17-30(7)23-18-26(3,24(32)33)13-12-25(23,2)14-16-29(22,30)6/h19,21-23H,8-18H2,1-7H3,(H,32,33)/t19-,21+,22?,23?,25+,26+,27+,28-,29+,30-/m0/s1. The molecule has 33 heavy (non-hydrogen) atoms. The summed E-state index contributed by atoms with van der Waals surface area (Å²) >= 11 is 0. The third-order valence-electron chi connectivity index (χ3n) is 14.0. The molecule has 3 nitrogen and oxygen atoms in total. The maximum atomic E-state index is 12.7. The molecule has 0 saturated heterocycles. The molecule has 5 aliphatic carbocycles. The maximum absolute atomic E-state index is 12.7.